The minimum Gasteiger partial charge on any atom is -0.450 e. The van der Waals surface area contributed by atoms with Gasteiger partial charge >= 0.3 is 5.97 Å². The number of alkyl halides is 1. The predicted molar refractivity (Wildman–Crippen MR) is 125 cm³/mol. The molecular formula is C26H37BrO5. The van der Waals surface area contributed by atoms with Crippen LogP contribution in [0.5, 0.6) is 0 Å². The van der Waals surface area contributed by atoms with Crippen LogP contribution in [-0.2, 0) is 19.1 Å². The summed E-state index contributed by atoms with van der Waals surface area (Å²) in [6.45, 7) is 11.7. The van der Waals surface area contributed by atoms with E-state index in [2.05, 4.69) is 36.7 Å². The fourth-order valence-electron chi connectivity index (χ4n) is 8.58. The van der Waals surface area contributed by atoms with Gasteiger partial charge in [0.2, 0.25) is 0 Å². The SMILES string of the molecule is CCC(=O)O[C@]1(C(C)=O)C(C)C[C@H]2[C@@H]3CC(C)C4=CC(=O)CC[C@]4(C)[C@@]3(Br)C(O)C[C@@]21C. The maximum absolute atomic E-state index is 13.2. The van der Waals surface area contributed by atoms with Crippen LogP contribution in [0.2, 0.25) is 0 Å². The van der Waals surface area contributed by atoms with Crippen molar-refractivity contribution in [2.45, 2.75) is 96.1 Å². The molecule has 4 rings (SSSR count). The molecule has 3 unspecified atom stereocenters. The van der Waals surface area contributed by atoms with Gasteiger partial charge in [-0.05, 0) is 56.4 Å². The second-order valence-corrected chi connectivity index (χ2v) is 12.7. The zero-order valence-electron chi connectivity index (χ0n) is 20.2. The van der Waals surface area contributed by atoms with Gasteiger partial charge in [-0.1, -0.05) is 56.1 Å². The van der Waals surface area contributed by atoms with Crippen molar-refractivity contribution < 1.29 is 24.2 Å². The van der Waals surface area contributed by atoms with E-state index < -0.39 is 21.4 Å². The van der Waals surface area contributed by atoms with Gasteiger partial charge in [0, 0.05) is 29.6 Å². The minimum absolute atomic E-state index is 0.102. The Kier molecular flexibility index (Phi) is 5.65. The number of carbonyl (C=O) groups excluding carboxylic acids is 3. The van der Waals surface area contributed by atoms with Crippen LogP contribution in [0.4, 0.5) is 0 Å². The number of rotatable bonds is 3. The average molecular weight is 509 g/mol. The van der Waals surface area contributed by atoms with Crippen molar-refractivity contribution in [1.82, 2.24) is 0 Å². The Bertz CT molecular complexity index is 897. The molecule has 9 atom stereocenters. The fourth-order valence-corrected chi connectivity index (χ4v) is 9.67. The van der Waals surface area contributed by atoms with Gasteiger partial charge in [0.05, 0.1) is 10.4 Å². The first-order valence-corrected chi connectivity index (χ1v) is 12.9. The van der Waals surface area contributed by atoms with E-state index >= 15 is 0 Å². The molecular weight excluding hydrogens is 472 g/mol. The summed E-state index contributed by atoms with van der Waals surface area (Å²) in [5.74, 6) is 0.00312. The van der Waals surface area contributed by atoms with E-state index in [0.717, 1.165) is 18.4 Å². The van der Waals surface area contributed by atoms with E-state index in [1.807, 2.05) is 13.0 Å². The molecule has 178 valence electrons. The van der Waals surface area contributed by atoms with Gasteiger partial charge in [-0.15, -0.1) is 0 Å². The Labute approximate surface area is 199 Å². The summed E-state index contributed by atoms with van der Waals surface area (Å²) in [5, 5.41) is 11.8. The molecule has 0 aromatic heterocycles. The van der Waals surface area contributed by atoms with Crippen LogP contribution in [0.3, 0.4) is 0 Å². The lowest BCUT2D eigenvalue weighted by atomic mass is 9.43. The largest absolute Gasteiger partial charge is 0.450 e. The van der Waals surface area contributed by atoms with Crippen molar-refractivity contribution in [3.05, 3.63) is 11.6 Å². The van der Waals surface area contributed by atoms with Crippen LogP contribution < -0.4 is 0 Å². The Hall–Kier alpha value is -1.01. The molecule has 0 bridgehead atoms. The predicted octanol–water partition coefficient (Wildman–Crippen LogP) is 4.78. The van der Waals surface area contributed by atoms with Crippen molar-refractivity contribution in [2.75, 3.05) is 0 Å². The van der Waals surface area contributed by atoms with E-state index in [4.69, 9.17) is 4.74 Å². The molecule has 0 spiro atoms. The number of ether oxygens (including phenoxy) is 1. The highest BCUT2D eigenvalue weighted by Crippen LogP contribution is 2.73. The zero-order valence-corrected chi connectivity index (χ0v) is 21.8. The summed E-state index contributed by atoms with van der Waals surface area (Å²) < 4.78 is 5.48. The number of carbonyl (C=O) groups is 3. The maximum atomic E-state index is 13.2. The average Bonchev–Trinajstić information content (AvgIpc) is 2.93. The normalized spacial score (nSPS) is 50.1. The van der Waals surface area contributed by atoms with E-state index in [1.165, 1.54) is 6.92 Å². The fraction of sp³-hybridized carbons (Fsp3) is 0.808. The standard InChI is InChI=1S/C26H37BrO5/c1-7-22(31)32-26(16(4)28)15(3)11-19-20-10-14(2)18-12-17(29)8-9-23(18,5)25(20,27)21(30)13-24(19,26)6/h12,14-15,19-21,30H,7-11,13H2,1-6H3/t14?,15?,19-,20-,21?,23-,24-,25-,26-/m0/s1. The number of halogens is 1. The van der Waals surface area contributed by atoms with Crippen molar-refractivity contribution in [2.24, 2.45) is 34.5 Å². The number of esters is 1. The Balaban J connectivity index is 1.86. The third kappa shape index (κ3) is 2.74. The van der Waals surface area contributed by atoms with Crippen LogP contribution in [0.1, 0.15) is 80.1 Å². The molecule has 0 saturated heterocycles. The molecule has 0 aliphatic heterocycles. The van der Waals surface area contributed by atoms with Gasteiger partial charge < -0.3 is 9.84 Å². The molecule has 0 amide bonds. The molecule has 4 aliphatic rings. The van der Waals surface area contributed by atoms with Gasteiger partial charge in [-0.2, -0.15) is 0 Å². The highest BCUT2D eigenvalue weighted by molar-refractivity contribution is 9.10. The van der Waals surface area contributed by atoms with E-state index in [1.54, 1.807) is 6.92 Å². The van der Waals surface area contributed by atoms with E-state index in [0.29, 0.717) is 19.3 Å². The number of hydrogen-bond donors (Lipinski definition) is 1. The highest BCUT2D eigenvalue weighted by Gasteiger charge is 2.76. The summed E-state index contributed by atoms with van der Waals surface area (Å²) in [6.07, 6.45) is 4.50. The lowest BCUT2D eigenvalue weighted by Crippen LogP contribution is -2.70. The number of allylic oxidation sites excluding steroid dienone is 1. The van der Waals surface area contributed by atoms with Crippen LogP contribution >= 0.6 is 15.9 Å². The van der Waals surface area contributed by atoms with E-state index in [9.17, 15) is 19.5 Å². The number of ketones is 2. The van der Waals surface area contributed by atoms with Crippen molar-refractivity contribution in [1.29, 1.82) is 0 Å². The molecule has 6 heteroatoms. The summed E-state index contributed by atoms with van der Waals surface area (Å²) in [7, 11) is 0. The minimum atomic E-state index is -1.22. The lowest BCUT2D eigenvalue weighted by molar-refractivity contribution is -0.201. The van der Waals surface area contributed by atoms with Crippen LogP contribution in [0.25, 0.3) is 0 Å². The quantitative estimate of drug-likeness (QED) is 0.438. The van der Waals surface area contributed by atoms with Gasteiger partial charge in [-0.25, -0.2) is 0 Å². The van der Waals surface area contributed by atoms with Crippen LogP contribution in [0, 0.1) is 34.5 Å². The first-order chi connectivity index (χ1) is 14.8. The smallest absolute Gasteiger partial charge is 0.306 e. The zero-order chi connectivity index (χ0) is 23.9. The van der Waals surface area contributed by atoms with Crippen molar-refractivity contribution in [3.8, 4) is 0 Å². The first kappa shape index (κ1) is 24.1. The Morgan fingerprint density at radius 2 is 1.88 bits per heavy atom. The molecule has 5 nitrogen and oxygen atoms in total. The summed E-state index contributed by atoms with van der Waals surface area (Å²) in [6, 6.07) is 0. The van der Waals surface area contributed by atoms with Gasteiger partial charge in [0.15, 0.2) is 17.2 Å². The molecule has 32 heavy (non-hydrogen) atoms. The highest BCUT2D eigenvalue weighted by atomic mass is 79.9. The second-order valence-electron chi connectivity index (χ2n) is 11.4. The number of aliphatic hydroxyl groups is 1. The summed E-state index contributed by atoms with van der Waals surface area (Å²) >= 11 is 4.11. The number of aliphatic hydroxyl groups excluding tert-OH is 1. The molecule has 0 aromatic carbocycles. The summed E-state index contributed by atoms with van der Waals surface area (Å²) in [5.41, 5.74) is -1.06. The molecule has 3 fully saturated rings. The van der Waals surface area contributed by atoms with Crippen molar-refractivity contribution in [3.63, 3.8) is 0 Å². The number of hydrogen-bond acceptors (Lipinski definition) is 5. The Morgan fingerprint density at radius 1 is 1.22 bits per heavy atom. The third-order valence-corrected chi connectivity index (χ3v) is 12.0. The summed E-state index contributed by atoms with van der Waals surface area (Å²) in [4.78, 5) is 38.0. The van der Waals surface area contributed by atoms with Gasteiger partial charge in [0.1, 0.15) is 0 Å². The topological polar surface area (TPSA) is 80.7 Å². The number of fused-ring (bicyclic) bond motifs is 5. The van der Waals surface area contributed by atoms with E-state index in [-0.39, 0.29) is 53.0 Å². The van der Waals surface area contributed by atoms with Crippen molar-refractivity contribution >= 4 is 33.5 Å². The first-order valence-electron chi connectivity index (χ1n) is 12.1. The van der Waals surface area contributed by atoms with Crippen LogP contribution in [0.15, 0.2) is 11.6 Å². The molecule has 4 aliphatic carbocycles. The van der Waals surface area contributed by atoms with Crippen LogP contribution in [-0.4, -0.2) is 38.7 Å². The molecule has 0 heterocycles. The lowest BCUT2D eigenvalue weighted by Gasteiger charge is -2.66. The maximum Gasteiger partial charge on any atom is 0.306 e. The molecule has 0 radical (unpaired) electrons. The Morgan fingerprint density at radius 3 is 2.47 bits per heavy atom. The van der Waals surface area contributed by atoms with Gasteiger partial charge in [-0.3, -0.25) is 14.4 Å². The van der Waals surface area contributed by atoms with Gasteiger partial charge in [0.25, 0.3) is 0 Å². The molecule has 3 saturated carbocycles. The third-order valence-electron chi connectivity index (χ3n) is 9.99. The number of Topliss-reactive ketones (excluding diaryl/α,β-unsaturated/α-hetero) is 1. The molecule has 0 aromatic rings. The second kappa shape index (κ2) is 7.49. The molecule has 1 N–H and O–H groups in total. The monoisotopic (exact) mass is 508 g/mol.